The van der Waals surface area contributed by atoms with Gasteiger partial charge in [0.15, 0.2) is 0 Å². The van der Waals surface area contributed by atoms with Crippen LogP contribution in [-0.4, -0.2) is 35.1 Å². The zero-order valence-electron chi connectivity index (χ0n) is 11.3. The lowest BCUT2D eigenvalue weighted by atomic mass is 9.70. The van der Waals surface area contributed by atoms with Crippen LogP contribution in [0.1, 0.15) is 46.5 Å². The Morgan fingerprint density at radius 1 is 1.35 bits per heavy atom. The van der Waals surface area contributed by atoms with E-state index in [1.54, 1.807) is 0 Å². The first kappa shape index (κ1) is 12.9. The molecule has 2 unspecified atom stereocenters. The first-order valence-electron chi connectivity index (χ1n) is 6.88. The van der Waals surface area contributed by atoms with Crippen molar-refractivity contribution in [2.24, 2.45) is 17.3 Å². The lowest BCUT2D eigenvalue weighted by Crippen LogP contribution is -2.59. The lowest BCUT2D eigenvalue weighted by Gasteiger charge is -2.53. The predicted molar refractivity (Wildman–Crippen MR) is 67.9 cm³/mol. The van der Waals surface area contributed by atoms with Gasteiger partial charge in [0, 0.05) is 19.1 Å². The van der Waals surface area contributed by atoms with Gasteiger partial charge in [0.05, 0.1) is 5.92 Å². The maximum absolute atomic E-state index is 10.9. The third-order valence-corrected chi connectivity index (χ3v) is 4.93. The molecule has 0 bridgehead atoms. The van der Waals surface area contributed by atoms with E-state index in [4.69, 9.17) is 5.11 Å². The number of hydrogen-bond acceptors (Lipinski definition) is 2. The minimum Gasteiger partial charge on any atom is -0.481 e. The number of hydrogen-bond donors (Lipinski definition) is 1. The molecule has 17 heavy (non-hydrogen) atoms. The molecule has 1 saturated heterocycles. The van der Waals surface area contributed by atoms with Crippen molar-refractivity contribution >= 4 is 5.97 Å². The van der Waals surface area contributed by atoms with Crippen molar-refractivity contribution in [1.29, 1.82) is 0 Å². The minimum absolute atomic E-state index is 0.182. The first-order chi connectivity index (χ1) is 7.92. The molecule has 0 amide bonds. The summed E-state index contributed by atoms with van der Waals surface area (Å²) in [5.74, 6) is -0.458. The van der Waals surface area contributed by atoms with Crippen molar-refractivity contribution in [2.75, 3.05) is 13.1 Å². The largest absolute Gasteiger partial charge is 0.481 e. The normalized spacial score (nSPS) is 31.8. The standard InChI is InChI=1S/C14H25NO2/c1-10(13(16)17)11-8-15(9-11)12-6-4-5-7-14(12,2)3/h10-12H,4-9H2,1-3H3,(H,16,17). The molecule has 0 aromatic heterocycles. The fourth-order valence-corrected chi connectivity index (χ4v) is 3.47. The molecule has 2 rings (SSSR count). The summed E-state index contributed by atoms with van der Waals surface area (Å²) in [6.45, 7) is 8.55. The predicted octanol–water partition coefficient (Wildman–Crippen LogP) is 2.61. The van der Waals surface area contributed by atoms with Crippen molar-refractivity contribution in [3.63, 3.8) is 0 Å². The highest BCUT2D eigenvalue weighted by molar-refractivity contribution is 5.70. The van der Waals surface area contributed by atoms with E-state index in [-0.39, 0.29) is 5.92 Å². The molecule has 3 heteroatoms. The zero-order chi connectivity index (χ0) is 12.6. The van der Waals surface area contributed by atoms with E-state index in [2.05, 4.69) is 18.7 Å². The molecule has 0 aromatic carbocycles. The molecule has 2 atom stereocenters. The molecule has 2 fully saturated rings. The van der Waals surface area contributed by atoms with Gasteiger partial charge in [0.2, 0.25) is 0 Å². The van der Waals surface area contributed by atoms with Crippen LogP contribution >= 0.6 is 0 Å². The number of rotatable bonds is 3. The van der Waals surface area contributed by atoms with Gasteiger partial charge in [-0.25, -0.2) is 0 Å². The highest BCUT2D eigenvalue weighted by atomic mass is 16.4. The topological polar surface area (TPSA) is 40.5 Å². The quantitative estimate of drug-likeness (QED) is 0.823. The van der Waals surface area contributed by atoms with Crippen LogP contribution in [0.25, 0.3) is 0 Å². The highest BCUT2D eigenvalue weighted by Crippen LogP contribution is 2.41. The number of nitrogens with zero attached hydrogens (tertiary/aromatic N) is 1. The number of carboxylic acids is 1. The fourth-order valence-electron chi connectivity index (χ4n) is 3.47. The molecule has 0 spiro atoms. The number of carbonyl (C=O) groups is 1. The zero-order valence-corrected chi connectivity index (χ0v) is 11.3. The van der Waals surface area contributed by atoms with Crippen molar-refractivity contribution in [1.82, 2.24) is 4.90 Å². The Kier molecular flexibility index (Phi) is 3.48. The maximum atomic E-state index is 10.9. The lowest BCUT2D eigenvalue weighted by molar-refractivity contribution is -0.147. The second kappa shape index (κ2) is 4.60. The fraction of sp³-hybridized carbons (Fsp3) is 0.929. The van der Waals surface area contributed by atoms with Gasteiger partial charge in [-0.15, -0.1) is 0 Å². The highest BCUT2D eigenvalue weighted by Gasteiger charge is 2.43. The Bertz CT molecular complexity index is 295. The van der Waals surface area contributed by atoms with Crippen LogP contribution in [0.5, 0.6) is 0 Å². The van der Waals surface area contributed by atoms with Crippen LogP contribution in [0.15, 0.2) is 0 Å². The summed E-state index contributed by atoms with van der Waals surface area (Å²) in [6, 6.07) is 0.675. The van der Waals surface area contributed by atoms with Crippen LogP contribution in [0.2, 0.25) is 0 Å². The number of aliphatic carboxylic acids is 1. The van der Waals surface area contributed by atoms with Gasteiger partial charge < -0.3 is 5.11 Å². The van der Waals surface area contributed by atoms with Gasteiger partial charge in [-0.2, -0.15) is 0 Å². The van der Waals surface area contributed by atoms with Crippen LogP contribution in [0.3, 0.4) is 0 Å². The van der Waals surface area contributed by atoms with Crippen LogP contribution in [0.4, 0.5) is 0 Å². The molecule has 1 N–H and O–H groups in total. The van der Waals surface area contributed by atoms with E-state index in [1.165, 1.54) is 25.7 Å². The number of likely N-dealkylation sites (tertiary alicyclic amines) is 1. The second-order valence-corrected chi connectivity index (χ2v) is 6.59. The molecule has 1 aliphatic heterocycles. The van der Waals surface area contributed by atoms with Crippen molar-refractivity contribution in [3.05, 3.63) is 0 Å². The Morgan fingerprint density at radius 3 is 2.53 bits per heavy atom. The summed E-state index contributed by atoms with van der Waals surface area (Å²) < 4.78 is 0. The molecule has 3 nitrogen and oxygen atoms in total. The summed E-state index contributed by atoms with van der Waals surface area (Å²) in [6.07, 6.45) is 5.30. The third kappa shape index (κ3) is 2.49. The Hall–Kier alpha value is -0.570. The third-order valence-electron chi connectivity index (χ3n) is 4.93. The minimum atomic E-state index is -0.641. The van der Waals surface area contributed by atoms with Gasteiger partial charge in [0.1, 0.15) is 0 Å². The molecule has 98 valence electrons. The van der Waals surface area contributed by atoms with E-state index in [9.17, 15) is 4.79 Å². The molecular weight excluding hydrogens is 214 g/mol. The van der Waals surface area contributed by atoms with Crippen LogP contribution in [-0.2, 0) is 4.79 Å². The smallest absolute Gasteiger partial charge is 0.306 e. The number of carboxylic acid groups (broad SMARTS) is 1. The second-order valence-electron chi connectivity index (χ2n) is 6.59. The average Bonchev–Trinajstić information content (AvgIpc) is 2.17. The van der Waals surface area contributed by atoms with E-state index >= 15 is 0 Å². The summed E-state index contributed by atoms with van der Waals surface area (Å²) in [4.78, 5) is 13.4. The van der Waals surface area contributed by atoms with Gasteiger partial charge in [-0.05, 0) is 24.2 Å². The van der Waals surface area contributed by atoms with E-state index in [0.29, 0.717) is 17.4 Å². The Labute approximate surface area is 104 Å². The Morgan fingerprint density at radius 2 is 2.00 bits per heavy atom. The van der Waals surface area contributed by atoms with Gasteiger partial charge in [-0.1, -0.05) is 33.6 Å². The summed E-state index contributed by atoms with van der Waals surface area (Å²) in [5.41, 5.74) is 0.412. The van der Waals surface area contributed by atoms with E-state index in [0.717, 1.165) is 13.1 Å². The van der Waals surface area contributed by atoms with Crippen LogP contribution in [0, 0.1) is 17.3 Å². The molecule has 1 saturated carbocycles. The summed E-state index contributed by atoms with van der Waals surface area (Å²) in [7, 11) is 0. The maximum Gasteiger partial charge on any atom is 0.306 e. The van der Waals surface area contributed by atoms with Crippen molar-refractivity contribution in [3.8, 4) is 0 Å². The van der Waals surface area contributed by atoms with Crippen molar-refractivity contribution in [2.45, 2.75) is 52.5 Å². The molecule has 2 aliphatic rings. The van der Waals surface area contributed by atoms with Crippen LogP contribution < -0.4 is 0 Å². The van der Waals surface area contributed by atoms with Gasteiger partial charge in [-0.3, -0.25) is 9.69 Å². The van der Waals surface area contributed by atoms with Crippen molar-refractivity contribution < 1.29 is 9.90 Å². The van der Waals surface area contributed by atoms with Gasteiger partial charge >= 0.3 is 5.97 Å². The SMILES string of the molecule is CC(C(=O)O)C1CN(C2CCCCC2(C)C)C1. The summed E-state index contributed by atoms with van der Waals surface area (Å²) in [5, 5.41) is 9.00. The molecule has 0 aromatic rings. The van der Waals surface area contributed by atoms with Gasteiger partial charge in [0.25, 0.3) is 0 Å². The Balaban J connectivity index is 1.88. The first-order valence-corrected chi connectivity index (χ1v) is 6.88. The van der Waals surface area contributed by atoms with E-state index < -0.39 is 5.97 Å². The molecule has 0 radical (unpaired) electrons. The average molecular weight is 239 g/mol. The molecular formula is C14H25NO2. The van der Waals surface area contributed by atoms with E-state index in [1.807, 2.05) is 6.92 Å². The monoisotopic (exact) mass is 239 g/mol. The molecule has 1 aliphatic carbocycles. The molecule has 1 heterocycles. The summed E-state index contributed by atoms with van der Waals surface area (Å²) >= 11 is 0.